The van der Waals surface area contributed by atoms with E-state index in [1.54, 1.807) is 12.1 Å². The molecule has 1 heterocycles. The van der Waals surface area contributed by atoms with E-state index in [1.165, 1.54) is 6.07 Å². The first kappa shape index (κ1) is 12.6. The molecule has 94 valence electrons. The summed E-state index contributed by atoms with van der Waals surface area (Å²) in [5, 5.41) is 9.04. The lowest BCUT2D eigenvalue weighted by Crippen LogP contribution is -1.97. The molecule has 2 rings (SSSR count). The Balaban J connectivity index is 2.13. The van der Waals surface area contributed by atoms with Gasteiger partial charge in [0.25, 0.3) is 0 Å². The molecule has 0 radical (unpaired) electrons. The van der Waals surface area contributed by atoms with Gasteiger partial charge in [-0.25, -0.2) is 4.98 Å². The Bertz CT molecular complexity index is 511. The van der Waals surface area contributed by atoms with E-state index >= 15 is 0 Å². The number of aliphatic hydroxyl groups is 1. The van der Waals surface area contributed by atoms with Crippen molar-refractivity contribution in [3.63, 3.8) is 0 Å². The molecule has 1 aromatic carbocycles. The summed E-state index contributed by atoms with van der Waals surface area (Å²) in [6, 6.07) is 8.81. The van der Waals surface area contributed by atoms with Gasteiger partial charge in [-0.3, -0.25) is 0 Å². The van der Waals surface area contributed by atoms with E-state index in [0.717, 1.165) is 5.56 Å². The topological polar surface area (TPSA) is 81.3 Å². The van der Waals surface area contributed by atoms with Crippen LogP contribution in [0.15, 0.2) is 30.3 Å². The Labute approximate surface area is 109 Å². The van der Waals surface area contributed by atoms with Gasteiger partial charge in [0.2, 0.25) is 11.8 Å². The summed E-state index contributed by atoms with van der Waals surface area (Å²) in [5.41, 5.74) is 6.49. The molecule has 0 aliphatic carbocycles. The first-order valence-corrected chi connectivity index (χ1v) is 5.73. The van der Waals surface area contributed by atoms with Crippen molar-refractivity contribution in [2.75, 3.05) is 12.3 Å². The van der Waals surface area contributed by atoms with E-state index in [-0.39, 0.29) is 17.7 Å². The van der Waals surface area contributed by atoms with Crippen LogP contribution in [0.3, 0.4) is 0 Å². The zero-order valence-corrected chi connectivity index (χ0v) is 10.3. The van der Waals surface area contributed by atoms with Crippen molar-refractivity contribution in [2.24, 2.45) is 0 Å². The molecule has 1 aromatic heterocycles. The van der Waals surface area contributed by atoms with Crippen molar-refractivity contribution in [1.29, 1.82) is 0 Å². The Morgan fingerprint density at radius 1 is 1.22 bits per heavy atom. The first-order valence-electron chi connectivity index (χ1n) is 5.35. The average molecular weight is 266 g/mol. The molecule has 5 nitrogen and oxygen atoms in total. The van der Waals surface area contributed by atoms with Crippen molar-refractivity contribution in [1.82, 2.24) is 9.97 Å². The van der Waals surface area contributed by atoms with Crippen LogP contribution in [0.25, 0.3) is 0 Å². The van der Waals surface area contributed by atoms with Gasteiger partial charge in [-0.05, 0) is 24.1 Å². The van der Waals surface area contributed by atoms with Gasteiger partial charge in [0, 0.05) is 12.7 Å². The van der Waals surface area contributed by atoms with E-state index in [0.29, 0.717) is 18.1 Å². The molecule has 18 heavy (non-hydrogen) atoms. The highest BCUT2D eigenvalue weighted by Crippen LogP contribution is 2.22. The zero-order valence-electron chi connectivity index (χ0n) is 9.51. The number of hydrogen-bond donors (Lipinski definition) is 2. The fourth-order valence-electron chi connectivity index (χ4n) is 1.44. The number of anilines is 1. The van der Waals surface area contributed by atoms with Crippen molar-refractivity contribution >= 4 is 17.5 Å². The number of nitrogen functional groups attached to an aromatic ring is 1. The van der Waals surface area contributed by atoms with Crippen molar-refractivity contribution < 1.29 is 9.84 Å². The van der Waals surface area contributed by atoms with Gasteiger partial charge in [0.05, 0.1) is 0 Å². The molecule has 0 unspecified atom stereocenters. The summed E-state index contributed by atoms with van der Waals surface area (Å²) in [5.74, 6) is 0.975. The minimum absolute atomic E-state index is 0.0643. The number of aromatic nitrogens is 2. The highest BCUT2D eigenvalue weighted by molar-refractivity contribution is 6.29. The van der Waals surface area contributed by atoms with Gasteiger partial charge in [-0.1, -0.05) is 23.7 Å². The number of aliphatic hydroxyl groups excluding tert-OH is 1. The van der Waals surface area contributed by atoms with Crippen LogP contribution in [0.4, 0.5) is 5.95 Å². The fraction of sp³-hybridized carbons (Fsp3) is 0.167. The van der Waals surface area contributed by atoms with Crippen LogP contribution < -0.4 is 10.5 Å². The van der Waals surface area contributed by atoms with Crippen LogP contribution in [0.5, 0.6) is 11.6 Å². The molecule has 3 N–H and O–H groups in total. The third-order valence-electron chi connectivity index (χ3n) is 2.23. The van der Waals surface area contributed by atoms with Gasteiger partial charge in [-0.2, -0.15) is 4.98 Å². The van der Waals surface area contributed by atoms with Crippen LogP contribution in [0, 0.1) is 0 Å². The normalized spacial score (nSPS) is 10.3. The van der Waals surface area contributed by atoms with Crippen molar-refractivity contribution in [3.8, 4) is 11.6 Å². The van der Waals surface area contributed by atoms with E-state index in [1.807, 2.05) is 12.1 Å². The molecule has 0 saturated carbocycles. The average Bonchev–Trinajstić information content (AvgIpc) is 2.31. The van der Waals surface area contributed by atoms with Crippen LogP contribution in [0.1, 0.15) is 5.56 Å². The van der Waals surface area contributed by atoms with Crippen LogP contribution in [-0.4, -0.2) is 21.7 Å². The maximum atomic E-state index is 8.81. The van der Waals surface area contributed by atoms with Gasteiger partial charge in [-0.15, -0.1) is 0 Å². The van der Waals surface area contributed by atoms with Gasteiger partial charge < -0.3 is 15.6 Å². The number of halogens is 1. The van der Waals surface area contributed by atoms with Crippen molar-refractivity contribution in [3.05, 3.63) is 41.0 Å². The monoisotopic (exact) mass is 265 g/mol. The number of rotatable bonds is 4. The first-order chi connectivity index (χ1) is 8.67. The molecule has 0 saturated heterocycles. The maximum absolute atomic E-state index is 8.81. The third kappa shape index (κ3) is 3.32. The Morgan fingerprint density at radius 3 is 2.56 bits per heavy atom. The van der Waals surface area contributed by atoms with Crippen molar-refractivity contribution in [2.45, 2.75) is 6.42 Å². The number of nitrogens with two attached hydrogens (primary N) is 1. The summed E-state index contributed by atoms with van der Waals surface area (Å²) in [6.45, 7) is 0.123. The highest BCUT2D eigenvalue weighted by atomic mass is 35.5. The number of nitrogens with zero attached hydrogens (tertiary/aromatic N) is 2. The smallest absolute Gasteiger partial charge is 0.225 e. The zero-order chi connectivity index (χ0) is 13.0. The minimum Gasteiger partial charge on any atom is -0.439 e. The van der Waals surface area contributed by atoms with E-state index in [2.05, 4.69) is 9.97 Å². The largest absolute Gasteiger partial charge is 0.439 e. The number of ether oxygens (including phenoxy) is 1. The number of benzene rings is 1. The fourth-order valence-corrected chi connectivity index (χ4v) is 1.62. The highest BCUT2D eigenvalue weighted by Gasteiger charge is 2.03. The van der Waals surface area contributed by atoms with Gasteiger partial charge in [0.15, 0.2) is 0 Å². The summed E-state index contributed by atoms with van der Waals surface area (Å²) < 4.78 is 5.50. The lowest BCUT2D eigenvalue weighted by molar-refractivity contribution is 0.299. The predicted octanol–water partition coefficient (Wildman–Crippen LogP) is 2.04. The Hall–Kier alpha value is -1.85. The maximum Gasteiger partial charge on any atom is 0.225 e. The molecule has 0 fully saturated rings. The molecule has 0 aliphatic heterocycles. The molecule has 0 aliphatic rings. The SMILES string of the molecule is Nc1nc(Cl)cc(Oc2ccc(CCO)cc2)n1. The van der Waals surface area contributed by atoms with E-state index in [9.17, 15) is 0 Å². The Morgan fingerprint density at radius 2 is 1.94 bits per heavy atom. The second-order valence-corrected chi connectivity index (χ2v) is 3.99. The quantitative estimate of drug-likeness (QED) is 0.827. The van der Waals surface area contributed by atoms with E-state index in [4.69, 9.17) is 27.2 Å². The second kappa shape index (κ2) is 5.66. The predicted molar refractivity (Wildman–Crippen MR) is 68.8 cm³/mol. The molecular weight excluding hydrogens is 254 g/mol. The standard InChI is InChI=1S/C12H12ClN3O2/c13-10-7-11(16-12(14)15-10)18-9-3-1-8(2-4-9)5-6-17/h1-4,7,17H,5-6H2,(H2,14,15,16). The second-order valence-electron chi connectivity index (χ2n) is 3.61. The van der Waals surface area contributed by atoms with E-state index < -0.39 is 0 Å². The molecule has 0 spiro atoms. The summed E-state index contributed by atoms with van der Waals surface area (Å²) in [6.07, 6.45) is 0.618. The molecule has 0 atom stereocenters. The molecule has 0 amide bonds. The van der Waals surface area contributed by atoms with Crippen LogP contribution >= 0.6 is 11.6 Å². The molecular formula is C12H12ClN3O2. The molecule has 6 heteroatoms. The minimum atomic E-state index is 0.0643. The van der Waals surface area contributed by atoms with Gasteiger partial charge in [0.1, 0.15) is 10.9 Å². The molecule has 2 aromatic rings. The van der Waals surface area contributed by atoms with Crippen LogP contribution in [-0.2, 0) is 6.42 Å². The van der Waals surface area contributed by atoms with Crippen LogP contribution in [0.2, 0.25) is 5.15 Å². The summed E-state index contributed by atoms with van der Waals surface area (Å²) in [4.78, 5) is 7.65. The lowest BCUT2D eigenvalue weighted by atomic mass is 10.1. The molecule has 0 bridgehead atoms. The summed E-state index contributed by atoms with van der Waals surface area (Å²) in [7, 11) is 0. The lowest BCUT2D eigenvalue weighted by Gasteiger charge is -2.06. The van der Waals surface area contributed by atoms with Gasteiger partial charge >= 0.3 is 0 Å². The Kier molecular flexibility index (Phi) is 3.96. The summed E-state index contributed by atoms with van der Waals surface area (Å²) >= 11 is 5.74. The number of hydrogen-bond acceptors (Lipinski definition) is 5. The third-order valence-corrected chi connectivity index (χ3v) is 2.43.